The highest BCUT2D eigenvalue weighted by molar-refractivity contribution is 7.92. The normalized spacial score (nSPS) is 30.8. The van der Waals surface area contributed by atoms with Gasteiger partial charge in [-0.15, -0.1) is 0 Å². The molecule has 0 aromatic carbocycles. The minimum Gasteiger partial charge on any atom is -0.356 e. The van der Waals surface area contributed by atoms with Crippen LogP contribution in [0.5, 0.6) is 0 Å². The third-order valence-corrected chi connectivity index (χ3v) is 7.88. The minimum absolute atomic E-state index is 0.0171. The SMILES string of the molecule is Cc1cnc(N2C[C@@H]3[C@@H](C(=O)NCC4CC4)CCS(=O)(=O)[C@@H]3C2)nc1. The van der Waals surface area contributed by atoms with E-state index in [0.717, 1.165) is 12.1 Å². The Morgan fingerprint density at radius 2 is 1.96 bits per heavy atom. The summed E-state index contributed by atoms with van der Waals surface area (Å²) in [7, 11) is -3.17. The third kappa shape index (κ3) is 3.36. The van der Waals surface area contributed by atoms with Gasteiger partial charge in [-0.3, -0.25) is 4.79 Å². The van der Waals surface area contributed by atoms with Gasteiger partial charge in [-0.2, -0.15) is 0 Å². The number of anilines is 1. The molecule has 0 radical (unpaired) electrons. The molecule has 3 fully saturated rings. The van der Waals surface area contributed by atoms with E-state index in [1.165, 1.54) is 12.8 Å². The zero-order chi connectivity index (χ0) is 17.6. The number of aromatic nitrogens is 2. The highest BCUT2D eigenvalue weighted by Crippen LogP contribution is 2.38. The lowest BCUT2D eigenvalue weighted by atomic mass is 9.87. The highest BCUT2D eigenvalue weighted by Gasteiger charge is 2.51. The van der Waals surface area contributed by atoms with E-state index >= 15 is 0 Å². The summed E-state index contributed by atoms with van der Waals surface area (Å²) in [5.41, 5.74) is 0.963. The summed E-state index contributed by atoms with van der Waals surface area (Å²) in [5.74, 6) is 0.868. The van der Waals surface area contributed by atoms with Crippen molar-refractivity contribution in [1.29, 1.82) is 0 Å². The largest absolute Gasteiger partial charge is 0.356 e. The molecule has 25 heavy (non-hydrogen) atoms. The van der Waals surface area contributed by atoms with Crippen LogP contribution in [0, 0.1) is 24.7 Å². The van der Waals surface area contributed by atoms with Crippen molar-refractivity contribution in [2.75, 3.05) is 30.3 Å². The number of fused-ring (bicyclic) bond motifs is 1. The Morgan fingerprint density at radius 1 is 1.24 bits per heavy atom. The summed E-state index contributed by atoms with van der Waals surface area (Å²) < 4.78 is 25.1. The van der Waals surface area contributed by atoms with Gasteiger partial charge in [0.2, 0.25) is 11.9 Å². The predicted molar refractivity (Wildman–Crippen MR) is 93.9 cm³/mol. The van der Waals surface area contributed by atoms with Crippen LogP contribution in [0.4, 0.5) is 5.95 Å². The van der Waals surface area contributed by atoms with Crippen LogP contribution in [0.3, 0.4) is 0 Å². The molecule has 0 spiro atoms. The molecule has 3 heterocycles. The molecule has 4 rings (SSSR count). The van der Waals surface area contributed by atoms with Crippen LogP contribution >= 0.6 is 0 Å². The Balaban J connectivity index is 1.52. The van der Waals surface area contributed by atoms with Crippen molar-refractivity contribution in [1.82, 2.24) is 15.3 Å². The fourth-order valence-corrected chi connectivity index (χ4v) is 6.06. The zero-order valence-electron chi connectivity index (χ0n) is 14.4. The monoisotopic (exact) mass is 364 g/mol. The first kappa shape index (κ1) is 16.8. The number of carbonyl (C=O) groups is 1. The molecule has 0 unspecified atom stereocenters. The van der Waals surface area contributed by atoms with Crippen molar-refractivity contribution in [2.24, 2.45) is 17.8 Å². The Morgan fingerprint density at radius 3 is 2.64 bits per heavy atom. The molecule has 8 heteroatoms. The maximum Gasteiger partial charge on any atom is 0.225 e. The maximum atomic E-state index is 12.6. The summed E-state index contributed by atoms with van der Waals surface area (Å²) >= 11 is 0. The lowest BCUT2D eigenvalue weighted by Gasteiger charge is -2.31. The number of aryl methyl sites for hydroxylation is 1. The highest BCUT2D eigenvalue weighted by atomic mass is 32.2. The van der Waals surface area contributed by atoms with E-state index in [1.807, 2.05) is 11.8 Å². The van der Waals surface area contributed by atoms with Crippen LogP contribution in [0.1, 0.15) is 24.8 Å². The van der Waals surface area contributed by atoms with Crippen LogP contribution in [0.2, 0.25) is 0 Å². The van der Waals surface area contributed by atoms with Crippen LogP contribution in [0.15, 0.2) is 12.4 Å². The average molecular weight is 364 g/mol. The second-order valence-corrected chi connectivity index (χ2v) is 9.96. The van der Waals surface area contributed by atoms with Gasteiger partial charge in [0.05, 0.1) is 11.0 Å². The summed E-state index contributed by atoms with van der Waals surface area (Å²) in [6, 6.07) is 0. The number of nitrogens with zero attached hydrogens (tertiary/aromatic N) is 3. The first-order valence-electron chi connectivity index (χ1n) is 8.97. The molecule has 7 nitrogen and oxygen atoms in total. The fraction of sp³-hybridized carbons (Fsp3) is 0.706. The number of carbonyl (C=O) groups excluding carboxylic acids is 1. The zero-order valence-corrected chi connectivity index (χ0v) is 15.2. The molecular weight excluding hydrogens is 340 g/mol. The van der Waals surface area contributed by atoms with Crippen molar-refractivity contribution in [3.05, 3.63) is 18.0 Å². The van der Waals surface area contributed by atoms with E-state index in [4.69, 9.17) is 0 Å². The Hall–Kier alpha value is -1.70. The molecule has 1 aliphatic carbocycles. The van der Waals surface area contributed by atoms with E-state index in [-0.39, 0.29) is 23.5 Å². The van der Waals surface area contributed by atoms with Gasteiger partial charge in [-0.05, 0) is 37.7 Å². The van der Waals surface area contributed by atoms with Gasteiger partial charge in [0.1, 0.15) is 0 Å². The molecular formula is C17H24N4O3S. The van der Waals surface area contributed by atoms with Gasteiger partial charge in [-0.25, -0.2) is 18.4 Å². The van der Waals surface area contributed by atoms with Crippen LogP contribution in [-0.4, -0.2) is 54.9 Å². The van der Waals surface area contributed by atoms with Gasteiger partial charge in [0, 0.05) is 43.9 Å². The van der Waals surface area contributed by atoms with E-state index < -0.39 is 15.1 Å². The Labute approximate surface area is 148 Å². The molecule has 1 amide bonds. The lowest BCUT2D eigenvalue weighted by Crippen LogP contribution is -2.47. The van der Waals surface area contributed by atoms with Gasteiger partial charge in [0.25, 0.3) is 0 Å². The molecule has 2 aliphatic heterocycles. The first-order chi connectivity index (χ1) is 11.9. The fourth-order valence-electron chi connectivity index (χ4n) is 3.96. The summed E-state index contributed by atoms with van der Waals surface area (Å²) in [6.45, 7) is 3.54. The standard InChI is InChI=1S/C17H24N4O3S/c1-11-6-19-17(20-7-11)21-9-14-13(16(22)18-8-12-2-3-12)4-5-25(23,24)15(14)10-21/h6-7,12-15H,2-5,8-10H2,1H3,(H,18,22)/t13-,14+,15+/m0/s1. The molecule has 3 aliphatic rings. The third-order valence-electron chi connectivity index (χ3n) is 5.65. The van der Waals surface area contributed by atoms with E-state index in [2.05, 4.69) is 15.3 Å². The minimum atomic E-state index is -3.17. The number of amides is 1. The molecule has 2 saturated heterocycles. The maximum absolute atomic E-state index is 12.6. The molecule has 1 saturated carbocycles. The van der Waals surface area contributed by atoms with Crippen molar-refractivity contribution in [3.63, 3.8) is 0 Å². The van der Waals surface area contributed by atoms with E-state index in [9.17, 15) is 13.2 Å². The number of sulfone groups is 1. The van der Waals surface area contributed by atoms with E-state index in [0.29, 0.717) is 31.4 Å². The van der Waals surface area contributed by atoms with E-state index in [1.54, 1.807) is 12.4 Å². The molecule has 3 atom stereocenters. The summed E-state index contributed by atoms with van der Waals surface area (Å²) in [5, 5.41) is 2.54. The van der Waals surface area contributed by atoms with Gasteiger partial charge in [0.15, 0.2) is 9.84 Å². The average Bonchev–Trinajstić information content (AvgIpc) is 3.30. The Kier molecular flexibility index (Phi) is 4.17. The van der Waals surface area contributed by atoms with Crippen molar-refractivity contribution >= 4 is 21.7 Å². The van der Waals surface area contributed by atoms with Gasteiger partial charge >= 0.3 is 0 Å². The van der Waals surface area contributed by atoms with Crippen LogP contribution in [-0.2, 0) is 14.6 Å². The number of nitrogens with one attached hydrogen (secondary N) is 1. The Bertz CT molecular complexity index is 761. The van der Waals surface area contributed by atoms with Gasteiger partial charge in [-0.1, -0.05) is 0 Å². The topological polar surface area (TPSA) is 92.3 Å². The smallest absolute Gasteiger partial charge is 0.225 e. The van der Waals surface area contributed by atoms with Crippen molar-refractivity contribution < 1.29 is 13.2 Å². The van der Waals surface area contributed by atoms with Crippen molar-refractivity contribution in [2.45, 2.75) is 31.4 Å². The number of rotatable bonds is 4. The quantitative estimate of drug-likeness (QED) is 0.839. The second-order valence-electron chi connectivity index (χ2n) is 7.62. The molecule has 136 valence electrons. The summed E-state index contributed by atoms with van der Waals surface area (Å²) in [4.78, 5) is 23.2. The number of hydrogen-bond acceptors (Lipinski definition) is 6. The number of hydrogen-bond donors (Lipinski definition) is 1. The lowest BCUT2D eigenvalue weighted by molar-refractivity contribution is -0.126. The molecule has 1 aromatic rings. The molecule has 0 bridgehead atoms. The second kappa shape index (κ2) is 6.23. The van der Waals surface area contributed by atoms with Crippen LogP contribution in [0.25, 0.3) is 0 Å². The molecule has 1 aromatic heterocycles. The van der Waals surface area contributed by atoms with Crippen LogP contribution < -0.4 is 10.2 Å². The first-order valence-corrected chi connectivity index (χ1v) is 10.7. The predicted octanol–water partition coefficient (Wildman–Crippen LogP) is 0.551. The summed E-state index contributed by atoms with van der Waals surface area (Å²) in [6.07, 6.45) is 6.26. The molecule has 1 N–H and O–H groups in total. The van der Waals surface area contributed by atoms with Crippen molar-refractivity contribution in [3.8, 4) is 0 Å². The van der Waals surface area contributed by atoms with Gasteiger partial charge < -0.3 is 10.2 Å².